The maximum atomic E-state index is 11.7. The number of benzene rings is 1. The Balaban J connectivity index is 2.46. The molecule has 1 N–H and O–H groups in total. The average Bonchev–Trinajstić information content (AvgIpc) is 3.06. The van der Waals surface area contributed by atoms with Crippen LogP contribution in [0.2, 0.25) is 0 Å². The predicted octanol–water partition coefficient (Wildman–Crippen LogP) is 3.55. The summed E-state index contributed by atoms with van der Waals surface area (Å²) in [5, 5.41) is 12.4. The van der Waals surface area contributed by atoms with E-state index in [2.05, 4.69) is 26.2 Å². The second-order valence-corrected chi connectivity index (χ2v) is 6.41. The molecular formula is C17H17N5OS. The summed E-state index contributed by atoms with van der Waals surface area (Å²) in [6.07, 6.45) is 0. The number of anilines is 1. The molecule has 24 heavy (non-hydrogen) atoms. The van der Waals surface area contributed by atoms with Gasteiger partial charge >= 0.3 is 0 Å². The highest BCUT2D eigenvalue weighted by Gasteiger charge is 2.23. The summed E-state index contributed by atoms with van der Waals surface area (Å²) >= 11 is 1.16. The van der Waals surface area contributed by atoms with E-state index in [4.69, 9.17) is 0 Å². The van der Waals surface area contributed by atoms with Crippen LogP contribution >= 0.6 is 11.7 Å². The van der Waals surface area contributed by atoms with Crippen molar-refractivity contribution in [2.75, 3.05) is 5.32 Å². The first-order chi connectivity index (χ1) is 11.4. The lowest BCUT2D eigenvalue weighted by molar-refractivity contribution is -0.114. The fraction of sp³-hybridized carbons (Fsp3) is 0.294. The van der Waals surface area contributed by atoms with Crippen molar-refractivity contribution >= 4 is 34.5 Å². The van der Waals surface area contributed by atoms with Crippen LogP contribution in [0.3, 0.4) is 0 Å². The molecule has 6 nitrogen and oxygen atoms in total. The molecule has 3 rings (SSSR count). The summed E-state index contributed by atoms with van der Waals surface area (Å²) in [5.74, 6) is 0.268. The lowest BCUT2D eigenvalue weighted by Gasteiger charge is -2.16. The van der Waals surface area contributed by atoms with Gasteiger partial charge in [-0.15, -0.1) is 0 Å². The molecule has 0 aliphatic heterocycles. The zero-order valence-corrected chi connectivity index (χ0v) is 15.0. The van der Waals surface area contributed by atoms with Crippen molar-refractivity contribution in [2.45, 2.75) is 34.6 Å². The van der Waals surface area contributed by atoms with Crippen LogP contribution in [0, 0.1) is 39.0 Å². The molecule has 0 radical (unpaired) electrons. The van der Waals surface area contributed by atoms with Crippen LogP contribution in [0.5, 0.6) is 0 Å². The third kappa shape index (κ3) is 2.27. The standard InChI is InChI=1S/C17H17N5OS/c1-8-6-9(2)16(15-14(8)20-24-21-15)22-11(4)10(3)13(7-18)17(22)19-12(5)23/h6H,1-5H3,(H,19,23). The van der Waals surface area contributed by atoms with Crippen molar-refractivity contribution in [2.24, 2.45) is 0 Å². The Bertz CT molecular complexity index is 1020. The third-order valence-corrected chi connectivity index (χ3v) is 4.76. The topological polar surface area (TPSA) is 83.6 Å². The first kappa shape index (κ1) is 16.1. The maximum absolute atomic E-state index is 11.7. The van der Waals surface area contributed by atoms with Gasteiger partial charge in [-0.05, 0) is 44.4 Å². The molecule has 3 aromatic rings. The van der Waals surface area contributed by atoms with Crippen molar-refractivity contribution in [3.63, 3.8) is 0 Å². The van der Waals surface area contributed by atoms with E-state index < -0.39 is 0 Å². The summed E-state index contributed by atoms with van der Waals surface area (Å²) in [5.41, 5.74) is 6.78. The zero-order chi connectivity index (χ0) is 17.6. The fourth-order valence-corrected chi connectivity index (χ4v) is 3.65. The third-order valence-electron chi connectivity index (χ3n) is 4.24. The molecular weight excluding hydrogens is 322 g/mol. The lowest BCUT2D eigenvalue weighted by atomic mass is 10.1. The Morgan fingerprint density at radius 3 is 2.50 bits per heavy atom. The van der Waals surface area contributed by atoms with Crippen LogP contribution in [0.25, 0.3) is 16.7 Å². The van der Waals surface area contributed by atoms with Gasteiger partial charge in [-0.25, -0.2) is 0 Å². The number of aryl methyl sites for hydroxylation is 2. The highest BCUT2D eigenvalue weighted by molar-refractivity contribution is 7.00. The number of nitriles is 1. The summed E-state index contributed by atoms with van der Waals surface area (Å²) < 4.78 is 10.7. The van der Waals surface area contributed by atoms with E-state index >= 15 is 0 Å². The minimum atomic E-state index is -0.220. The lowest BCUT2D eigenvalue weighted by Crippen LogP contribution is -2.13. The number of aromatic nitrogens is 3. The van der Waals surface area contributed by atoms with Crippen LogP contribution < -0.4 is 5.32 Å². The van der Waals surface area contributed by atoms with Crippen molar-refractivity contribution < 1.29 is 4.79 Å². The second kappa shape index (κ2) is 5.73. The number of amides is 1. The summed E-state index contributed by atoms with van der Waals surface area (Å²) in [6, 6.07) is 4.26. The molecule has 0 saturated heterocycles. The number of nitrogens with zero attached hydrogens (tertiary/aromatic N) is 4. The molecule has 0 aliphatic carbocycles. The van der Waals surface area contributed by atoms with Gasteiger partial charge in [0, 0.05) is 12.6 Å². The molecule has 1 amide bonds. The largest absolute Gasteiger partial charge is 0.311 e. The number of rotatable bonds is 2. The zero-order valence-electron chi connectivity index (χ0n) is 14.2. The van der Waals surface area contributed by atoms with Gasteiger partial charge in [0.2, 0.25) is 5.91 Å². The number of carbonyl (C=O) groups is 1. The minimum Gasteiger partial charge on any atom is -0.311 e. The molecule has 0 spiro atoms. The second-order valence-electron chi connectivity index (χ2n) is 5.88. The maximum Gasteiger partial charge on any atom is 0.222 e. The van der Waals surface area contributed by atoms with Gasteiger partial charge < -0.3 is 5.32 Å². The van der Waals surface area contributed by atoms with Crippen LogP contribution in [-0.4, -0.2) is 19.2 Å². The van der Waals surface area contributed by atoms with E-state index in [1.54, 1.807) is 0 Å². The first-order valence-corrected chi connectivity index (χ1v) is 8.22. The number of hydrogen-bond acceptors (Lipinski definition) is 5. The van der Waals surface area contributed by atoms with Crippen LogP contribution in [-0.2, 0) is 4.79 Å². The number of fused-ring (bicyclic) bond motifs is 1. The Hall–Kier alpha value is -2.72. The van der Waals surface area contributed by atoms with Gasteiger partial charge in [0.15, 0.2) is 0 Å². The molecule has 0 saturated carbocycles. The van der Waals surface area contributed by atoms with Crippen molar-refractivity contribution in [3.05, 3.63) is 34.0 Å². The molecule has 0 aliphatic rings. The molecule has 122 valence electrons. The molecule has 2 aromatic heterocycles. The number of carbonyl (C=O) groups excluding carboxylic acids is 1. The molecule has 7 heteroatoms. The van der Waals surface area contributed by atoms with Crippen molar-refractivity contribution in [3.8, 4) is 11.8 Å². The molecule has 1 aromatic carbocycles. The van der Waals surface area contributed by atoms with Gasteiger partial charge in [-0.3, -0.25) is 9.36 Å². The fourth-order valence-electron chi connectivity index (χ4n) is 3.04. The average molecular weight is 339 g/mol. The predicted molar refractivity (Wildman–Crippen MR) is 94.7 cm³/mol. The van der Waals surface area contributed by atoms with Crippen LogP contribution in [0.15, 0.2) is 6.07 Å². The van der Waals surface area contributed by atoms with E-state index in [0.717, 1.165) is 50.8 Å². The summed E-state index contributed by atoms with van der Waals surface area (Å²) in [4.78, 5) is 11.7. The normalized spacial score (nSPS) is 10.8. The Morgan fingerprint density at radius 1 is 1.21 bits per heavy atom. The smallest absolute Gasteiger partial charge is 0.222 e. The molecule has 2 heterocycles. The van der Waals surface area contributed by atoms with Gasteiger partial charge in [-0.2, -0.15) is 14.0 Å². The van der Waals surface area contributed by atoms with Crippen LogP contribution in [0.1, 0.15) is 34.9 Å². The molecule has 0 fully saturated rings. The SMILES string of the molecule is CC(=O)Nc1c(C#N)c(C)c(C)n1-c1c(C)cc(C)c2nsnc12. The Kier molecular flexibility index (Phi) is 3.85. The van der Waals surface area contributed by atoms with Gasteiger partial charge in [0.1, 0.15) is 22.9 Å². The number of hydrogen-bond donors (Lipinski definition) is 1. The Morgan fingerprint density at radius 2 is 1.88 bits per heavy atom. The van der Waals surface area contributed by atoms with E-state index in [1.165, 1.54) is 6.92 Å². The van der Waals surface area contributed by atoms with Gasteiger partial charge in [0.05, 0.1) is 23.0 Å². The van der Waals surface area contributed by atoms with Crippen molar-refractivity contribution in [1.29, 1.82) is 5.26 Å². The van der Waals surface area contributed by atoms with E-state index in [1.807, 2.05) is 32.3 Å². The molecule has 0 bridgehead atoms. The van der Waals surface area contributed by atoms with Crippen molar-refractivity contribution in [1.82, 2.24) is 13.3 Å². The van der Waals surface area contributed by atoms with E-state index in [9.17, 15) is 10.1 Å². The minimum absolute atomic E-state index is 0.220. The molecule has 0 unspecified atom stereocenters. The summed E-state index contributed by atoms with van der Waals surface area (Å²) in [7, 11) is 0. The summed E-state index contributed by atoms with van der Waals surface area (Å²) in [6.45, 7) is 9.26. The van der Waals surface area contributed by atoms with E-state index in [-0.39, 0.29) is 5.91 Å². The Labute approximate surface area is 144 Å². The highest BCUT2D eigenvalue weighted by Crippen LogP contribution is 2.35. The van der Waals surface area contributed by atoms with Gasteiger partial charge in [0.25, 0.3) is 0 Å². The monoisotopic (exact) mass is 339 g/mol. The highest BCUT2D eigenvalue weighted by atomic mass is 32.1. The van der Waals surface area contributed by atoms with Crippen LogP contribution in [0.4, 0.5) is 5.82 Å². The quantitative estimate of drug-likeness (QED) is 0.774. The number of nitrogens with one attached hydrogen (secondary N) is 1. The first-order valence-electron chi connectivity index (χ1n) is 7.49. The van der Waals surface area contributed by atoms with Gasteiger partial charge in [-0.1, -0.05) is 6.07 Å². The molecule has 0 atom stereocenters. The van der Waals surface area contributed by atoms with E-state index in [0.29, 0.717) is 11.4 Å².